The van der Waals surface area contributed by atoms with Crippen LogP contribution in [0.3, 0.4) is 0 Å². The second-order valence-corrected chi connectivity index (χ2v) is 9.22. The summed E-state index contributed by atoms with van der Waals surface area (Å²) in [5.74, 6) is -0.682. The summed E-state index contributed by atoms with van der Waals surface area (Å²) in [6.45, 7) is 1.63. The van der Waals surface area contributed by atoms with Gasteiger partial charge in [-0.25, -0.2) is 14.6 Å². The Bertz CT molecular complexity index is 1210. The van der Waals surface area contributed by atoms with Crippen molar-refractivity contribution < 1.29 is 27.5 Å². The van der Waals surface area contributed by atoms with Gasteiger partial charge in [-0.2, -0.15) is 13.2 Å². The smallest absolute Gasteiger partial charge is 0.416 e. The number of hydrogen-bond donors (Lipinski definition) is 2. The van der Waals surface area contributed by atoms with Crippen molar-refractivity contribution in [3.63, 3.8) is 0 Å². The Labute approximate surface area is 195 Å². The summed E-state index contributed by atoms with van der Waals surface area (Å²) in [4.78, 5) is 29.7. The number of rotatable bonds is 6. The number of aromatic nitrogens is 1. The molecule has 4 rings (SSSR count). The van der Waals surface area contributed by atoms with Crippen LogP contribution in [0.25, 0.3) is 10.2 Å². The number of carbonyl (C=O) groups is 2. The van der Waals surface area contributed by atoms with Crippen molar-refractivity contribution in [2.75, 3.05) is 12.4 Å². The van der Waals surface area contributed by atoms with Gasteiger partial charge in [-0.1, -0.05) is 42.1 Å². The molecule has 172 valence electrons. The first-order chi connectivity index (χ1) is 15.8. The van der Waals surface area contributed by atoms with E-state index in [0.29, 0.717) is 4.34 Å². The quantitative estimate of drug-likeness (QED) is 0.361. The molecular weight excluding hydrogens is 475 g/mol. The van der Waals surface area contributed by atoms with Gasteiger partial charge in [0, 0.05) is 11.4 Å². The Hall–Kier alpha value is -3.05. The minimum absolute atomic E-state index is 0.0300. The molecule has 0 saturated carbocycles. The summed E-state index contributed by atoms with van der Waals surface area (Å²) in [6.07, 6.45) is -4.66. The number of alkyl halides is 3. The number of urea groups is 1. The van der Waals surface area contributed by atoms with E-state index in [4.69, 9.17) is 4.74 Å². The highest BCUT2D eigenvalue weighted by Crippen LogP contribution is 2.39. The van der Waals surface area contributed by atoms with Crippen LogP contribution >= 0.6 is 23.1 Å². The maximum Gasteiger partial charge on any atom is 0.416 e. The lowest BCUT2D eigenvalue weighted by atomic mass is 9.91. The van der Waals surface area contributed by atoms with Crippen molar-refractivity contribution in [1.82, 2.24) is 15.6 Å². The van der Waals surface area contributed by atoms with Crippen LogP contribution in [0.4, 0.5) is 18.0 Å². The van der Waals surface area contributed by atoms with Crippen LogP contribution in [0, 0.1) is 0 Å². The van der Waals surface area contributed by atoms with Gasteiger partial charge in [-0.05, 0) is 30.7 Å². The SMILES string of the molecule is CCOC(=O)C1=C(CSc2nc3ccccc3s2)NC(=O)NC1c1ccccc1C(F)(F)F. The van der Waals surface area contributed by atoms with Gasteiger partial charge in [0.05, 0.1) is 34.0 Å². The first-order valence-electron chi connectivity index (χ1n) is 9.90. The Morgan fingerprint density at radius 1 is 1.18 bits per heavy atom. The van der Waals surface area contributed by atoms with Crippen molar-refractivity contribution in [2.24, 2.45) is 0 Å². The van der Waals surface area contributed by atoms with E-state index in [1.54, 1.807) is 6.92 Å². The molecule has 0 radical (unpaired) electrons. The predicted octanol–water partition coefficient (Wildman–Crippen LogP) is 5.28. The first kappa shape index (κ1) is 23.1. The van der Waals surface area contributed by atoms with Gasteiger partial charge in [-0.15, -0.1) is 11.3 Å². The molecule has 0 spiro atoms. The number of esters is 1. The predicted molar refractivity (Wildman–Crippen MR) is 120 cm³/mol. The van der Waals surface area contributed by atoms with Gasteiger partial charge >= 0.3 is 18.2 Å². The third-order valence-corrected chi connectivity index (χ3v) is 7.05. The number of fused-ring (bicyclic) bond motifs is 1. The van der Waals surface area contributed by atoms with Crippen molar-refractivity contribution in [1.29, 1.82) is 0 Å². The normalized spacial score (nSPS) is 16.5. The number of amides is 2. The third-order valence-electron chi connectivity index (χ3n) is 4.84. The number of para-hydroxylation sites is 1. The Morgan fingerprint density at radius 2 is 1.91 bits per heavy atom. The summed E-state index contributed by atoms with van der Waals surface area (Å²) < 4.78 is 47.8. The van der Waals surface area contributed by atoms with Crippen LogP contribution < -0.4 is 10.6 Å². The van der Waals surface area contributed by atoms with E-state index in [2.05, 4.69) is 15.6 Å². The molecule has 2 heterocycles. The Morgan fingerprint density at radius 3 is 2.64 bits per heavy atom. The fourth-order valence-electron chi connectivity index (χ4n) is 3.47. The molecule has 1 unspecified atom stereocenters. The number of benzene rings is 2. The molecule has 11 heteroatoms. The largest absolute Gasteiger partial charge is 0.463 e. The van der Waals surface area contributed by atoms with Crippen LogP contribution in [0.1, 0.15) is 24.1 Å². The standard InChI is InChI=1S/C22H18F3N3O3S2/c1-2-31-19(29)17-15(11-32-21-27-14-9-5-6-10-16(14)33-21)26-20(30)28-18(17)12-7-3-4-8-13(12)22(23,24)25/h3-10,18H,2,11H2,1H3,(H2,26,28,30). The summed E-state index contributed by atoms with van der Waals surface area (Å²) in [6, 6.07) is 10.4. The minimum atomic E-state index is -4.66. The van der Waals surface area contributed by atoms with Crippen molar-refractivity contribution in [3.8, 4) is 0 Å². The Balaban J connectivity index is 1.74. The molecule has 2 amide bonds. The molecule has 3 aromatic rings. The summed E-state index contributed by atoms with van der Waals surface area (Å²) in [5.41, 5.74) is -0.233. The Kier molecular flexibility index (Phi) is 6.61. The molecule has 1 aliphatic heterocycles. The average molecular weight is 494 g/mol. The topological polar surface area (TPSA) is 80.3 Å². The van der Waals surface area contributed by atoms with E-state index in [9.17, 15) is 22.8 Å². The van der Waals surface area contributed by atoms with Gasteiger partial charge < -0.3 is 15.4 Å². The molecule has 1 aliphatic rings. The maximum absolute atomic E-state index is 13.7. The highest BCUT2D eigenvalue weighted by atomic mass is 32.2. The molecule has 2 N–H and O–H groups in total. The first-order valence-corrected chi connectivity index (χ1v) is 11.7. The minimum Gasteiger partial charge on any atom is -0.463 e. The zero-order valence-corrected chi connectivity index (χ0v) is 18.9. The van der Waals surface area contributed by atoms with Gasteiger partial charge in [0.15, 0.2) is 4.34 Å². The summed E-state index contributed by atoms with van der Waals surface area (Å²) in [7, 11) is 0. The molecule has 0 aliphatic carbocycles. The number of halogens is 3. The molecule has 0 saturated heterocycles. The molecule has 6 nitrogen and oxygen atoms in total. The molecule has 33 heavy (non-hydrogen) atoms. The van der Waals surface area contributed by atoms with E-state index in [0.717, 1.165) is 16.3 Å². The monoisotopic (exact) mass is 493 g/mol. The van der Waals surface area contributed by atoms with Crippen LogP contribution in [0.5, 0.6) is 0 Å². The number of thioether (sulfide) groups is 1. The number of nitrogens with one attached hydrogen (secondary N) is 2. The second kappa shape index (κ2) is 9.44. The molecule has 0 bridgehead atoms. The number of nitrogens with zero attached hydrogens (tertiary/aromatic N) is 1. The zero-order valence-electron chi connectivity index (χ0n) is 17.2. The van der Waals surface area contributed by atoms with E-state index in [1.165, 1.54) is 41.3 Å². The van der Waals surface area contributed by atoms with Crippen LogP contribution in [0.2, 0.25) is 0 Å². The van der Waals surface area contributed by atoms with Crippen LogP contribution in [-0.2, 0) is 15.7 Å². The molecule has 1 aromatic heterocycles. The molecular formula is C22H18F3N3O3S2. The lowest BCUT2D eigenvalue weighted by Crippen LogP contribution is -2.47. The van der Waals surface area contributed by atoms with Crippen molar-refractivity contribution in [2.45, 2.75) is 23.5 Å². The fourth-order valence-corrected chi connectivity index (χ4v) is 5.51. The van der Waals surface area contributed by atoms with Crippen LogP contribution in [-0.4, -0.2) is 29.3 Å². The summed E-state index contributed by atoms with van der Waals surface area (Å²) >= 11 is 2.72. The van der Waals surface area contributed by atoms with E-state index >= 15 is 0 Å². The van der Waals surface area contributed by atoms with Gasteiger partial charge in [0.2, 0.25) is 0 Å². The highest BCUT2D eigenvalue weighted by Gasteiger charge is 2.40. The molecule has 1 atom stereocenters. The second-order valence-electron chi connectivity index (χ2n) is 6.97. The van der Waals surface area contributed by atoms with Crippen molar-refractivity contribution in [3.05, 3.63) is 70.9 Å². The maximum atomic E-state index is 13.7. The highest BCUT2D eigenvalue weighted by molar-refractivity contribution is 8.01. The third kappa shape index (κ3) is 4.98. The van der Waals surface area contributed by atoms with Crippen LogP contribution in [0.15, 0.2) is 64.1 Å². The number of carbonyl (C=O) groups excluding carboxylic acids is 2. The van der Waals surface area contributed by atoms with Gasteiger partial charge in [-0.3, -0.25) is 0 Å². The lowest BCUT2D eigenvalue weighted by Gasteiger charge is -2.30. The van der Waals surface area contributed by atoms with E-state index in [1.807, 2.05) is 24.3 Å². The zero-order chi connectivity index (χ0) is 23.6. The average Bonchev–Trinajstić information content (AvgIpc) is 3.20. The molecule has 0 fully saturated rings. The number of ether oxygens (including phenoxy) is 1. The van der Waals surface area contributed by atoms with Gasteiger partial charge in [0.1, 0.15) is 0 Å². The molecule has 2 aromatic carbocycles. The fraction of sp³-hybridized carbons (Fsp3) is 0.227. The van der Waals surface area contributed by atoms with Gasteiger partial charge in [0.25, 0.3) is 0 Å². The number of thiazole rings is 1. The number of hydrogen-bond acceptors (Lipinski definition) is 6. The summed E-state index contributed by atoms with van der Waals surface area (Å²) in [5, 5.41) is 5.02. The lowest BCUT2D eigenvalue weighted by molar-refractivity contribution is -0.141. The van der Waals surface area contributed by atoms with Crippen molar-refractivity contribution >= 4 is 45.3 Å². The van der Waals surface area contributed by atoms with E-state index < -0.39 is 29.8 Å². The van der Waals surface area contributed by atoms with E-state index in [-0.39, 0.29) is 29.2 Å².